The first kappa shape index (κ1) is 8.76. The number of nitrogens with zero attached hydrogens (tertiary/aromatic N) is 1. The molecule has 0 radical (unpaired) electrons. The van der Waals surface area contributed by atoms with E-state index in [-0.39, 0.29) is 0 Å². The van der Waals surface area contributed by atoms with E-state index in [0.29, 0.717) is 0 Å². The normalized spacial score (nSPS) is 29.0. The monoisotopic (exact) mass is 175 g/mol. The third kappa shape index (κ3) is 2.10. The zero-order valence-corrected chi connectivity index (χ0v) is 8.24. The molecule has 0 bridgehead atoms. The third-order valence-corrected chi connectivity index (χ3v) is 2.94. The van der Waals surface area contributed by atoms with Crippen LogP contribution in [0.15, 0.2) is 36.0 Å². The molecule has 0 spiro atoms. The largest absolute Gasteiger partial charge is 0.306 e. The lowest BCUT2D eigenvalue weighted by Gasteiger charge is -2.12. The minimum Gasteiger partial charge on any atom is -0.306 e. The molecule has 1 heterocycles. The molecule has 2 aliphatic rings. The van der Waals surface area contributed by atoms with Gasteiger partial charge in [0.15, 0.2) is 0 Å². The summed E-state index contributed by atoms with van der Waals surface area (Å²) in [7, 11) is 2.21. The molecule has 1 saturated heterocycles. The number of allylic oxidation sites excluding steroid dienone is 5. The molecule has 0 aromatic carbocycles. The lowest BCUT2D eigenvalue weighted by atomic mass is 9.95. The van der Waals surface area contributed by atoms with Crippen LogP contribution in [-0.4, -0.2) is 25.0 Å². The summed E-state index contributed by atoms with van der Waals surface area (Å²) >= 11 is 0. The third-order valence-electron chi connectivity index (χ3n) is 2.94. The van der Waals surface area contributed by atoms with Crippen molar-refractivity contribution in [3.63, 3.8) is 0 Å². The average molecular weight is 175 g/mol. The van der Waals surface area contributed by atoms with Gasteiger partial charge in [0.2, 0.25) is 0 Å². The van der Waals surface area contributed by atoms with Crippen LogP contribution < -0.4 is 0 Å². The smallest absolute Gasteiger partial charge is 0.00447 e. The second-order valence-electron chi connectivity index (χ2n) is 4.01. The SMILES string of the molecule is CN1CCC(C2=CC=CC=CC2)C1. The van der Waals surface area contributed by atoms with Crippen LogP contribution in [-0.2, 0) is 0 Å². The Morgan fingerprint density at radius 2 is 2.23 bits per heavy atom. The van der Waals surface area contributed by atoms with E-state index in [4.69, 9.17) is 0 Å². The van der Waals surface area contributed by atoms with Crippen molar-refractivity contribution in [2.45, 2.75) is 12.8 Å². The first-order chi connectivity index (χ1) is 6.36. The van der Waals surface area contributed by atoms with Gasteiger partial charge in [0.05, 0.1) is 0 Å². The van der Waals surface area contributed by atoms with Gasteiger partial charge in [-0.05, 0) is 32.4 Å². The Kier molecular flexibility index (Phi) is 2.65. The lowest BCUT2D eigenvalue weighted by Crippen LogP contribution is -2.14. The number of rotatable bonds is 1. The average Bonchev–Trinajstić information content (AvgIpc) is 2.43. The van der Waals surface area contributed by atoms with Gasteiger partial charge >= 0.3 is 0 Å². The van der Waals surface area contributed by atoms with E-state index in [2.05, 4.69) is 42.3 Å². The maximum absolute atomic E-state index is 2.42. The van der Waals surface area contributed by atoms with Crippen LogP contribution in [0.3, 0.4) is 0 Å². The first-order valence-corrected chi connectivity index (χ1v) is 5.07. The summed E-state index contributed by atoms with van der Waals surface area (Å²) in [5.74, 6) is 0.803. The molecule has 1 unspecified atom stereocenters. The van der Waals surface area contributed by atoms with Crippen molar-refractivity contribution in [1.29, 1.82) is 0 Å². The highest BCUT2D eigenvalue weighted by molar-refractivity contribution is 5.25. The summed E-state index contributed by atoms with van der Waals surface area (Å²) in [6.07, 6.45) is 13.5. The molecule has 1 aliphatic heterocycles. The Hall–Kier alpha value is -0.820. The van der Waals surface area contributed by atoms with Gasteiger partial charge < -0.3 is 4.90 Å². The molecule has 1 heteroatoms. The van der Waals surface area contributed by atoms with Gasteiger partial charge in [-0.25, -0.2) is 0 Å². The van der Waals surface area contributed by atoms with Crippen molar-refractivity contribution >= 4 is 0 Å². The Bertz CT molecular complexity index is 260. The van der Waals surface area contributed by atoms with Crippen molar-refractivity contribution in [3.8, 4) is 0 Å². The summed E-state index contributed by atoms with van der Waals surface area (Å²) < 4.78 is 0. The van der Waals surface area contributed by atoms with Crippen LogP contribution in [0.4, 0.5) is 0 Å². The zero-order valence-electron chi connectivity index (χ0n) is 8.24. The highest BCUT2D eigenvalue weighted by Gasteiger charge is 2.21. The van der Waals surface area contributed by atoms with E-state index < -0.39 is 0 Å². The van der Waals surface area contributed by atoms with Gasteiger partial charge in [0, 0.05) is 6.54 Å². The lowest BCUT2D eigenvalue weighted by molar-refractivity contribution is 0.404. The molecule has 0 N–H and O–H groups in total. The van der Waals surface area contributed by atoms with Gasteiger partial charge in [0.1, 0.15) is 0 Å². The van der Waals surface area contributed by atoms with Crippen molar-refractivity contribution in [2.24, 2.45) is 5.92 Å². The number of hydrogen-bond acceptors (Lipinski definition) is 1. The molecular weight excluding hydrogens is 158 g/mol. The van der Waals surface area contributed by atoms with Crippen molar-refractivity contribution in [1.82, 2.24) is 4.90 Å². The highest BCUT2D eigenvalue weighted by atomic mass is 15.1. The van der Waals surface area contributed by atoms with Crippen LogP contribution in [0.25, 0.3) is 0 Å². The standard InChI is InChI=1S/C12H17N/c1-13-9-8-12(10-13)11-6-4-2-3-5-7-11/h2-6,12H,7-10H2,1H3. The van der Waals surface area contributed by atoms with Crippen molar-refractivity contribution in [2.75, 3.05) is 20.1 Å². The Morgan fingerprint density at radius 1 is 1.31 bits per heavy atom. The molecule has 13 heavy (non-hydrogen) atoms. The minimum absolute atomic E-state index is 0.803. The van der Waals surface area contributed by atoms with Crippen LogP contribution in [0, 0.1) is 5.92 Å². The van der Waals surface area contributed by atoms with Gasteiger partial charge in [0.25, 0.3) is 0 Å². The van der Waals surface area contributed by atoms with Crippen molar-refractivity contribution in [3.05, 3.63) is 36.0 Å². The maximum atomic E-state index is 2.42. The van der Waals surface area contributed by atoms with Crippen LogP contribution >= 0.6 is 0 Å². The Morgan fingerprint density at radius 3 is 3.00 bits per heavy atom. The molecule has 1 atom stereocenters. The van der Waals surface area contributed by atoms with Crippen molar-refractivity contribution < 1.29 is 0 Å². The fourth-order valence-electron chi connectivity index (χ4n) is 2.13. The minimum atomic E-state index is 0.803. The topological polar surface area (TPSA) is 3.24 Å². The number of hydrogen-bond donors (Lipinski definition) is 0. The van der Waals surface area contributed by atoms with Gasteiger partial charge in [-0.3, -0.25) is 0 Å². The van der Waals surface area contributed by atoms with E-state index in [9.17, 15) is 0 Å². The highest BCUT2D eigenvalue weighted by Crippen LogP contribution is 2.26. The number of likely N-dealkylation sites (tertiary alicyclic amines) is 1. The molecule has 1 nitrogen and oxygen atoms in total. The predicted octanol–water partition coefficient (Wildman–Crippen LogP) is 2.38. The van der Waals surface area contributed by atoms with Gasteiger partial charge in [-0.1, -0.05) is 36.0 Å². The molecule has 1 fully saturated rings. The Balaban J connectivity index is 2.04. The molecule has 70 valence electrons. The van der Waals surface area contributed by atoms with E-state index in [1.165, 1.54) is 19.5 Å². The maximum Gasteiger partial charge on any atom is 0.00447 e. The molecule has 0 amide bonds. The predicted molar refractivity (Wildman–Crippen MR) is 56.6 cm³/mol. The second-order valence-corrected chi connectivity index (χ2v) is 4.01. The molecular formula is C12H17N. The summed E-state index contributed by atoms with van der Waals surface area (Å²) in [6, 6.07) is 0. The first-order valence-electron chi connectivity index (χ1n) is 5.07. The summed E-state index contributed by atoms with van der Waals surface area (Å²) in [5.41, 5.74) is 1.61. The fraction of sp³-hybridized carbons (Fsp3) is 0.500. The van der Waals surface area contributed by atoms with E-state index in [1.807, 2.05) is 0 Å². The van der Waals surface area contributed by atoms with E-state index in [0.717, 1.165) is 12.3 Å². The van der Waals surface area contributed by atoms with E-state index in [1.54, 1.807) is 5.57 Å². The van der Waals surface area contributed by atoms with Gasteiger partial charge in [-0.15, -0.1) is 0 Å². The van der Waals surface area contributed by atoms with Crippen LogP contribution in [0.5, 0.6) is 0 Å². The molecule has 0 aromatic heterocycles. The summed E-state index contributed by atoms with van der Waals surface area (Å²) in [5, 5.41) is 0. The Labute approximate surface area is 80.4 Å². The summed E-state index contributed by atoms with van der Waals surface area (Å²) in [4.78, 5) is 2.42. The molecule has 0 saturated carbocycles. The molecule has 2 rings (SSSR count). The van der Waals surface area contributed by atoms with Crippen LogP contribution in [0.2, 0.25) is 0 Å². The summed E-state index contributed by atoms with van der Waals surface area (Å²) in [6.45, 7) is 2.50. The zero-order chi connectivity index (χ0) is 9.10. The fourth-order valence-corrected chi connectivity index (χ4v) is 2.13. The second kappa shape index (κ2) is 3.93. The van der Waals surface area contributed by atoms with Gasteiger partial charge in [-0.2, -0.15) is 0 Å². The van der Waals surface area contributed by atoms with Crippen LogP contribution in [0.1, 0.15) is 12.8 Å². The quantitative estimate of drug-likeness (QED) is 0.591. The molecule has 1 aliphatic carbocycles. The van der Waals surface area contributed by atoms with E-state index >= 15 is 0 Å². The molecule has 0 aromatic rings.